The molecule has 0 radical (unpaired) electrons. The van der Waals surface area contributed by atoms with Crippen molar-refractivity contribution >= 4 is 21.6 Å². The summed E-state index contributed by atoms with van der Waals surface area (Å²) in [6.45, 7) is 3.80. The standard InChI is InChI=1S/C17H20N2O3S/c1-4-13-6-8-14(9-7-13)19-23(21,22)15-10-5-12(2)16(11-15)17(20)18-3/h5-11,19H,4H2,1-3H3,(H,18,20). The van der Waals surface area contributed by atoms with E-state index in [2.05, 4.69) is 10.0 Å². The molecule has 2 N–H and O–H groups in total. The molecule has 0 heterocycles. The van der Waals surface area contributed by atoms with Crippen LogP contribution in [0.2, 0.25) is 0 Å². The van der Waals surface area contributed by atoms with E-state index in [4.69, 9.17) is 0 Å². The van der Waals surface area contributed by atoms with Crippen LogP contribution < -0.4 is 10.0 Å². The quantitative estimate of drug-likeness (QED) is 0.884. The Bertz CT molecular complexity index is 812. The first kappa shape index (κ1) is 17.0. The predicted octanol–water partition coefficient (Wildman–Crippen LogP) is 2.72. The van der Waals surface area contributed by atoms with Gasteiger partial charge in [-0.25, -0.2) is 8.42 Å². The molecule has 5 nitrogen and oxygen atoms in total. The molecule has 0 aliphatic rings. The van der Waals surface area contributed by atoms with Gasteiger partial charge in [0.15, 0.2) is 0 Å². The zero-order valence-corrected chi connectivity index (χ0v) is 14.2. The summed E-state index contributed by atoms with van der Waals surface area (Å²) in [7, 11) is -2.23. The molecule has 0 saturated carbocycles. The minimum atomic E-state index is -3.74. The van der Waals surface area contributed by atoms with Crippen LogP contribution in [0, 0.1) is 6.92 Å². The summed E-state index contributed by atoms with van der Waals surface area (Å²) in [5.41, 5.74) is 2.68. The number of anilines is 1. The summed E-state index contributed by atoms with van der Waals surface area (Å²) in [4.78, 5) is 11.9. The summed E-state index contributed by atoms with van der Waals surface area (Å²) in [6.07, 6.45) is 0.889. The van der Waals surface area contributed by atoms with E-state index in [1.807, 2.05) is 19.1 Å². The van der Waals surface area contributed by atoms with Crippen LogP contribution in [0.3, 0.4) is 0 Å². The molecular formula is C17H20N2O3S. The molecule has 122 valence electrons. The number of carbonyl (C=O) groups excluding carboxylic acids is 1. The van der Waals surface area contributed by atoms with Crippen molar-refractivity contribution in [2.45, 2.75) is 25.2 Å². The van der Waals surface area contributed by atoms with Gasteiger partial charge in [-0.05, 0) is 48.7 Å². The van der Waals surface area contributed by atoms with Gasteiger partial charge in [0.25, 0.3) is 15.9 Å². The van der Waals surface area contributed by atoms with E-state index in [1.165, 1.54) is 19.2 Å². The minimum Gasteiger partial charge on any atom is -0.355 e. The molecule has 0 spiro atoms. The zero-order valence-electron chi connectivity index (χ0n) is 13.4. The molecule has 0 bridgehead atoms. The Hall–Kier alpha value is -2.34. The fraction of sp³-hybridized carbons (Fsp3) is 0.235. The van der Waals surface area contributed by atoms with Crippen molar-refractivity contribution < 1.29 is 13.2 Å². The van der Waals surface area contributed by atoms with Crippen molar-refractivity contribution in [1.82, 2.24) is 5.32 Å². The molecule has 2 aromatic rings. The highest BCUT2D eigenvalue weighted by Gasteiger charge is 2.17. The smallest absolute Gasteiger partial charge is 0.261 e. The first-order valence-electron chi connectivity index (χ1n) is 7.32. The van der Waals surface area contributed by atoms with Gasteiger partial charge < -0.3 is 5.32 Å². The van der Waals surface area contributed by atoms with Gasteiger partial charge in [-0.2, -0.15) is 0 Å². The van der Waals surface area contributed by atoms with Crippen LogP contribution in [0.5, 0.6) is 0 Å². The van der Waals surface area contributed by atoms with Crippen molar-refractivity contribution in [3.05, 3.63) is 59.2 Å². The fourth-order valence-electron chi connectivity index (χ4n) is 2.17. The maximum absolute atomic E-state index is 12.5. The van der Waals surface area contributed by atoms with Gasteiger partial charge >= 0.3 is 0 Å². The summed E-state index contributed by atoms with van der Waals surface area (Å²) in [6, 6.07) is 11.7. The molecule has 1 amide bonds. The normalized spacial score (nSPS) is 11.1. The van der Waals surface area contributed by atoms with Crippen LogP contribution in [-0.2, 0) is 16.4 Å². The monoisotopic (exact) mass is 332 g/mol. The molecule has 6 heteroatoms. The Labute approximate surface area is 136 Å². The summed E-state index contributed by atoms with van der Waals surface area (Å²) >= 11 is 0. The van der Waals surface area contributed by atoms with Gasteiger partial charge in [-0.3, -0.25) is 9.52 Å². The molecule has 2 rings (SSSR count). The third-order valence-electron chi connectivity index (χ3n) is 3.61. The third-order valence-corrected chi connectivity index (χ3v) is 4.98. The van der Waals surface area contributed by atoms with Crippen molar-refractivity contribution in [3.8, 4) is 0 Å². The number of aryl methyl sites for hydroxylation is 2. The van der Waals surface area contributed by atoms with Crippen LogP contribution >= 0.6 is 0 Å². The molecule has 23 heavy (non-hydrogen) atoms. The number of amides is 1. The third kappa shape index (κ3) is 3.90. The molecule has 0 aliphatic carbocycles. The summed E-state index contributed by atoms with van der Waals surface area (Å²) in [5.74, 6) is -0.313. The van der Waals surface area contributed by atoms with Crippen molar-refractivity contribution in [1.29, 1.82) is 0 Å². The number of nitrogens with one attached hydrogen (secondary N) is 2. The van der Waals surface area contributed by atoms with Crippen LogP contribution in [0.25, 0.3) is 0 Å². The van der Waals surface area contributed by atoms with Crippen molar-refractivity contribution in [2.75, 3.05) is 11.8 Å². The van der Waals surface area contributed by atoms with E-state index in [0.717, 1.165) is 17.5 Å². The van der Waals surface area contributed by atoms with Crippen molar-refractivity contribution in [2.24, 2.45) is 0 Å². The highest BCUT2D eigenvalue weighted by molar-refractivity contribution is 7.92. The molecule has 0 saturated heterocycles. The minimum absolute atomic E-state index is 0.0567. The Kier molecular flexibility index (Phi) is 5.05. The first-order valence-corrected chi connectivity index (χ1v) is 8.80. The topological polar surface area (TPSA) is 75.3 Å². The van der Waals surface area contributed by atoms with E-state index < -0.39 is 10.0 Å². The average molecular weight is 332 g/mol. The largest absolute Gasteiger partial charge is 0.355 e. The van der Waals surface area contributed by atoms with E-state index >= 15 is 0 Å². The zero-order chi connectivity index (χ0) is 17.0. The van der Waals surface area contributed by atoms with Gasteiger partial charge in [-0.15, -0.1) is 0 Å². The average Bonchev–Trinajstić information content (AvgIpc) is 2.54. The Balaban J connectivity index is 2.33. The maximum atomic E-state index is 12.5. The van der Waals surface area contributed by atoms with Crippen LogP contribution in [0.1, 0.15) is 28.4 Å². The van der Waals surface area contributed by atoms with Crippen LogP contribution in [-0.4, -0.2) is 21.4 Å². The molecule has 0 fully saturated rings. The number of rotatable bonds is 5. The van der Waals surface area contributed by atoms with Gasteiger partial charge in [-0.1, -0.05) is 25.1 Å². The molecule has 0 aliphatic heterocycles. The van der Waals surface area contributed by atoms with E-state index in [9.17, 15) is 13.2 Å². The van der Waals surface area contributed by atoms with Crippen LogP contribution in [0.4, 0.5) is 5.69 Å². The Morgan fingerprint density at radius 2 is 1.74 bits per heavy atom. The predicted molar refractivity (Wildman–Crippen MR) is 91.2 cm³/mol. The van der Waals surface area contributed by atoms with Crippen LogP contribution in [0.15, 0.2) is 47.4 Å². The lowest BCUT2D eigenvalue weighted by atomic mass is 10.1. The van der Waals surface area contributed by atoms with Gasteiger partial charge in [0, 0.05) is 18.3 Å². The second kappa shape index (κ2) is 6.83. The lowest BCUT2D eigenvalue weighted by Crippen LogP contribution is -2.20. The van der Waals surface area contributed by atoms with E-state index in [0.29, 0.717) is 11.3 Å². The second-order valence-electron chi connectivity index (χ2n) is 5.21. The number of hydrogen-bond donors (Lipinski definition) is 2. The molecule has 2 aromatic carbocycles. The summed E-state index contributed by atoms with van der Waals surface area (Å²) < 4.78 is 27.5. The van der Waals surface area contributed by atoms with Gasteiger partial charge in [0.05, 0.1) is 4.90 Å². The number of benzene rings is 2. The Morgan fingerprint density at radius 1 is 1.09 bits per heavy atom. The number of hydrogen-bond acceptors (Lipinski definition) is 3. The molecule has 0 atom stereocenters. The number of sulfonamides is 1. The SMILES string of the molecule is CCc1ccc(NS(=O)(=O)c2ccc(C)c(C(=O)NC)c2)cc1. The molecule has 0 aromatic heterocycles. The van der Waals surface area contributed by atoms with E-state index in [-0.39, 0.29) is 10.8 Å². The maximum Gasteiger partial charge on any atom is 0.261 e. The van der Waals surface area contributed by atoms with Crippen molar-refractivity contribution in [3.63, 3.8) is 0 Å². The van der Waals surface area contributed by atoms with Gasteiger partial charge in [0.2, 0.25) is 0 Å². The molecule has 0 unspecified atom stereocenters. The lowest BCUT2D eigenvalue weighted by molar-refractivity contribution is 0.0962. The van der Waals surface area contributed by atoms with Gasteiger partial charge in [0.1, 0.15) is 0 Å². The summed E-state index contributed by atoms with van der Waals surface area (Å²) in [5, 5.41) is 2.51. The fourth-order valence-corrected chi connectivity index (χ4v) is 3.25. The Morgan fingerprint density at radius 3 is 2.30 bits per heavy atom. The second-order valence-corrected chi connectivity index (χ2v) is 6.89. The number of carbonyl (C=O) groups is 1. The highest BCUT2D eigenvalue weighted by Crippen LogP contribution is 2.20. The molecular weight excluding hydrogens is 312 g/mol. The lowest BCUT2D eigenvalue weighted by Gasteiger charge is -2.11. The first-order chi connectivity index (χ1) is 10.9. The highest BCUT2D eigenvalue weighted by atomic mass is 32.2. The van der Waals surface area contributed by atoms with E-state index in [1.54, 1.807) is 25.1 Å².